The molecule has 0 bridgehead atoms. The third kappa shape index (κ3) is 1.94. The second kappa shape index (κ2) is 4.39. The number of hydrogen-bond donors (Lipinski definition) is 1. The number of aromatic amines is 1. The standard InChI is InChI=1S/C13H16N2O/c1-3-8-15-13(16)12(9-14-15)11-6-4-10(2)5-7-11/h4-7,9,14H,3,8H2,1-2H3. The molecule has 0 aliphatic carbocycles. The van der Waals surface area contributed by atoms with Crippen molar-refractivity contribution in [3.8, 4) is 11.1 Å². The molecule has 16 heavy (non-hydrogen) atoms. The first-order valence-electron chi connectivity index (χ1n) is 5.57. The van der Waals surface area contributed by atoms with Crippen LogP contribution in [0.5, 0.6) is 0 Å². The van der Waals surface area contributed by atoms with Crippen molar-refractivity contribution < 1.29 is 0 Å². The lowest BCUT2D eigenvalue weighted by Gasteiger charge is -1.97. The first-order valence-corrected chi connectivity index (χ1v) is 5.57. The third-order valence-corrected chi connectivity index (χ3v) is 2.65. The summed E-state index contributed by atoms with van der Waals surface area (Å²) in [6.07, 6.45) is 2.73. The predicted molar refractivity (Wildman–Crippen MR) is 65.5 cm³/mol. The van der Waals surface area contributed by atoms with Crippen LogP contribution in [-0.4, -0.2) is 9.78 Å². The molecule has 1 aromatic carbocycles. The summed E-state index contributed by atoms with van der Waals surface area (Å²) in [5.41, 5.74) is 2.98. The molecular weight excluding hydrogens is 200 g/mol. The summed E-state index contributed by atoms with van der Waals surface area (Å²) in [7, 11) is 0. The van der Waals surface area contributed by atoms with Crippen LogP contribution in [0.15, 0.2) is 35.3 Å². The first kappa shape index (κ1) is 10.7. The summed E-state index contributed by atoms with van der Waals surface area (Å²) in [4.78, 5) is 12.0. The SMILES string of the molecule is CCCn1[nH]cc(-c2ccc(C)cc2)c1=O. The molecule has 0 atom stereocenters. The Morgan fingerprint density at radius 1 is 1.25 bits per heavy atom. The highest BCUT2D eigenvalue weighted by Gasteiger charge is 2.07. The van der Waals surface area contributed by atoms with Gasteiger partial charge in [0.1, 0.15) is 0 Å². The van der Waals surface area contributed by atoms with Crippen molar-refractivity contribution in [1.29, 1.82) is 0 Å². The van der Waals surface area contributed by atoms with Crippen LogP contribution in [0.2, 0.25) is 0 Å². The van der Waals surface area contributed by atoms with Crippen molar-refractivity contribution in [1.82, 2.24) is 9.78 Å². The molecule has 84 valence electrons. The number of nitrogens with zero attached hydrogens (tertiary/aromatic N) is 1. The minimum Gasteiger partial charge on any atom is -0.302 e. The minimum atomic E-state index is 0.0608. The fourth-order valence-electron chi connectivity index (χ4n) is 1.74. The molecule has 0 spiro atoms. The van der Waals surface area contributed by atoms with Crippen LogP contribution in [0.4, 0.5) is 0 Å². The molecule has 0 fully saturated rings. The molecule has 0 aliphatic rings. The molecule has 1 N–H and O–H groups in total. The molecule has 0 saturated carbocycles. The van der Waals surface area contributed by atoms with Crippen molar-refractivity contribution in [2.45, 2.75) is 26.8 Å². The van der Waals surface area contributed by atoms with Gasteiger partial charge in [-0.15, -0.1) is 0 Å². The molecule has 2 rings (SSSR count). The molecule has 0 amide bonds. The van der Waals surface area contributed by atoms with Crippen LogP contribution < -0.4 is 5.56 Å². The maximum absolute atomic E-state index is 12.0. The Labute approximate surface area is 94.7 Å². The zero-order valence-electron chi connectivity index (χ0n) is 9.66. The number of aromatic nitrogens is 2. The molecule has 3 heteroatoms. The number of benzene rings is 1. The molecule has 1 heterocycles. The highest BCUT2D eigenvalue weighted by Crippen LogP contribution is 2.15. The van der Waals surface area contributed by atoms with Gasteiger partial charge in [0.25, 0.3) is 5.56 Å². The number of hydrogen-bond acceptors (Lipinski definition) is 1. The van der Waals surface area contributed by atoms with E-state index in [1.165, 1.54) is 5.56 Å². The average Bonchev–Trinajstić information content (AvgIpc) is 2.63. The summed E-state index contributed by atoms with van der Waals surface area (Å²) in [5.74, 6) is 0. The van der Waals surface area contributed by atoms with Gasteiger partial charge in [0.15, 0.2) is 0 Å². The Morgan fingerprint density at radius 2 is 1.94 bits per heavy atom. The third-order valence-electron chi connectivity index (χ3n) is 2.65. The van der Waals surface area contributed by atoms with E-state index in [0.717, 1.165) is 24.1 Å². The van der Waals surface area contributed by atoms with E-state index < -0.39 is 0 Å². The van der Waals surface area contributed by atoms with Crippen LogP contribution >= 0.6 is 0 Å². The topological polar surface area (TPSA) is 37.8 Å². The van der Waals surface area contributed by atoms with Crippen LogP contribution in [-0.2, 0) is 6.54 Å². The summed E-state index contributed by atoms with van der Waals surface area (Å²) in [5, 5.41) is 2.99. The van der Waals surface area contributed by atoms with Gasteiger partial charge in [-0.2, -0.15) is 0 Å². The maximum Gasteiger partial charge on any atom is 0.274 e. The largest absolute Gasteiger partial charge is 0.302 e. The first-order chi connectivity index (χ1) is 7.72. The lowest BCUT2D eigenvalue weighted by Crippen LogP contribution is -2.17. The zero-order chi connectivity index (χ0) is 11.5. The van der Waals surface area contributed by atoms with Gasteiger partial charge in [-0.05, 0) is 18.9 Å². The maximum atomic E-state index is 12.0. The zero-order valence-corrected chi connectivity index (χ0v) is 9.66. The number of aryl methyl sites for hydroxylation is 2. The van der Waals surface area contributed by atoms with E-state index >= 15 is 0 Å². The van der Waals surface area contributed by atoms with Gasteiger partial charge in [-0.25, -0.2) is 0 Å². The number of nitrogens with one attached hydrogen (secondary N) is 1. The van der Waals surface area contributed by atoms with Gasteiger partial charge in [0.05, 0.1) is 5.56 Å². The van der Waals surface area contributed by atoms with E-state index in [4.69, 9.17) is 0 Å². The summed E-state index contributed by atoms with van der Waals surface area (Å²) < 4.78 is 1.65. The van der Waals surface area contributed by atoms with Gasteiger partial charge >= 0.3 is 0 Å². The Morgan fingerprint density at radius 3 is 2.56 bits per heavy atom. The monoisotopic (exact) mass is 216 g/mol. The normalized spacial score (nSPS) is 10.6. The Balaban J connectivity index is 2.41. The van der Waals surface area contributed by atoms with Crippen LogP contribution in [0.25, 0.3) is 11.1 Å². The van der Waals surface area contributed by atoms with Gasteiger partial charge in [-0.3, -0.25) is 9.48 Å². The van der Waals surface area contributed by atoms with E-state index in [1.807, 2.05) is 31.2 Å². The van der Waals surface area contributed by atoms with Crippen molar-refractivity contribution >= 4 is 0 Å². The van der Waals surface area contributed by atoms with Crippen molar-refractivity contribution in [3.63, 3.8) is 0 Å². The van der Waals surface area contributed by atoms with Crippen molar-refractivity contribution in [3.05, 3.63) is 46.4 Å². The van der Waals surface area contributed by atoms with E-state index in [0.29, 0.717) is 0 Å². The van der Waals surface area contributed by atoms with Crippen LogP contribution in [0.1, 0.15) is 18.9 Å². The molecular formula is C13H16N2O. The quantitative estimate of drug-likeness (QED) is 0.841. The lowest BCUT2D eigenvalue weighted by atomic mass is 10.1. The van der Waals surface area contributed by atoms with Gasteiger partial charge in [0, 0.05) is 12.7 Å². The van der Waals surface area contributed by atoms with E-state index in [1.54, 1.807) is 10.9 Å². The molecule has 3 nitrogen and oxygen atoms in total. The van der Waals surface area contributed by atoms with Gasteiger partial charge in [-0.1, -0.05) is 36.8 Å². The molecule has 0 radical (unpaired) electrons. The Bertz CT molecular complexity index is 520. The fourth-order valence-corrected chi connectivity index (χ4v) is 1.74. The lowest BCUT2D eigenvalue weighted by molar-refractivity contribution is 0.585. The van der Waals surface area contributed by atoms with E-state index in [-0.39, 0.29) is 5.56 Å². The summed E-state index contributed by atoms with van der Waals surface area (Å²) in [6, 6.07) is 8.00. The second-order valence-corrected chi connectivity index (χ2v) is 4.01. The van der Waals surface area contributed by atoms with Crippen LogP contribution in [0, 0.1) is 6.92 Å². The smallest absolute Gasteiger partial charge is 0.274 e. The summed E-state index contributed by atoms with van der Waals surface area (Å²) in [6.45, 7) is 4.83. The minimum absolute atomic E-state index is 0.0608. The molecule has 0 saturated heterocycles. The second-order valence-electron chi connectivity index (χ2n) is 4.01. The van der Waals surface area contributed by atoms with Gasteiger partial charge in [0.2, 0.25) is 0 Å². The molecule has 0 unspecified atom stereocenters. The Kier molecular flexibility index (Phi) is 2.95. The van der Waals surface area contributed by atoms with E-state index in [9.17, 15) is 4.79 Å². The predicted octanol–water partition coefficient (Wildman–Crippen LogP) is 2.56. The average molecular weight is 216 g/mol. The number of rotatable bonds is 3. The Hall–Kier alpha value is -1.77. The number of H-pyrrole nitrogens is 1. The van der Waals surface area contributed by atoms with Crippen LogP contribution in [0.3, 0.4) is 0 Å². The van der Waals surface area contributed by atoms with Gasteiger partial charge < -0.3 is 5.10 Å². The van der Waals surface area contributed by atoms with Crippen molar-refractivity contribution in [2.24, 2.45) is 0 Å². The van der Waals surface area contributed by atoms with E-state index in [2.05, 4.69) is 12.0 Å². The molecule has 2 aromatic rings. The highest BCUT2D eigenvalue weighted by atomic mass is 16.1. The fraction of sp³-hybridized carbons (Fsp3) is 0.308. The summed E-state index contributed by atoms with van der Waals surface area (Å²) >= 11 is 0. The molecule has 0 aliphatic heterocycles. The highest BCUT2D eigenvalue weighted by molar-refractivity contribution is 5.61. The van der Waals surface area contributed by atoms with Crippen molar-refractivity contribution in [2.75, 3.05) is 0 Å². The molecule has 1 aromatic heterocycles.